The maximum Gasteiger partial charge on any atom is 0.212 e. The van der Waals surface area contributed by atoms with Gasteiger partial charge in [-0.25, -0.2) is 0 Å². The fraction of sp³-hybridized carbons (Fsp3) is 0.362. The first-order valence-electron chi connectivity index (χ1n) is 19.2. The summed E-state index contributed by atoms with van der Waals surface area (Å²) in [7, 11) is 0. The van der Waals surface area contributed by atoms with Gasteiger partial charge in [0, 0.05) is 11.5 Å². The van der Waals surface area contributed by atoms with E-state index in [9.17, 15) is 0 Å². The molecule has 0 bridgehead atoms. The van der Waals surface area contributed by atoms with Crippen molar-refractivity contribution in [2.24, 2.45) is 0 Å². The minimum absolute atomic E-state index is 0.0125. The van der Waals surface area contributed by atoms with Gasteiger partial charge < -0.3 is 14.4 Å². The number of hydrogen-bond acceptors (Lipinski definition) is 4. The van der Waals surface area contributed by atoms with Gasteiger partial charge in [0.15, 0.2) is 5.75 Å². The summed E-state index contributed by atoms with van der Waals surface area (Å²) < 4.78 is 14.3. The molecule has 0 radical (unpaired) electrons. The third-order valence-corrected chi connectivity index (χ3v) is 11.5. The van der Waals surface area contributed by atoms with E-state index < -0.39 is 11.7 Å². The van der Waals surface area contributed by atoms with Crippen LogP contribution in [0, 0.1) is 0 Å². The van der Waals surface area contributed by atoms with Crippen molar-refractivity contribution >= 4 is 0 Å². The van der Waals surface area contributed by atoms with Crippen LogP contribution in [-0.4, -0.2) is 19.0 Å². The van der Waals surface area contributed by atoms with Gasteiger partial charge in [0.1, 0.15) is 12.4 Å². The Morgan fingerprint density at radius 2 is 1.47 bits per heavy atom. The Morgan fingerprint density at radius 3 is 2.27 bits per heavy atom. The van der Waals surface area contributed by atoms with Crippen molar-refractivity contribution in [1.82, 2.24) is 0 Å². The summed E-state index contributed by atoms with van der Waals surface area (Å²) in [6, 6.07) is 41.0. The minimum atomic E-state index is -0.668. The molecule has 5 aromatic rings. The molecule has 4 nitrogen and oxygen atoms in total. The molecule has 51 heavy (non-hydrogen) atoms. The molecule has 3 aliphatic rings. The van der Waals surface area contributed by atoms with Gasteiger partial charge in [-0.3, -0.25) is 0 Å². The van der Waals surface area contributed by atoms with Crippen LogP contribution in [0.5, 0.6) is 11.5 Å². The number of fused-ring (bicyclic) bond motifs is 7. The van der Waals surface area contributed by atoms with Crippen LogP contribution in [0.4, 0.5) is 0 Å². The molecule has 0 fully saturated rings. The molecule has 1 unspecified atom stereocenters. The van der Waals surface area contributed by atoms with Gasteiger partial charge in [0.05, 0.1) is 11.5 Å². The van der Waals surface area contributed by atoms with Crippen LogP contribution in [0.25, 0.3) is 11.1 Å². The normalized spacial score (nSPS) is 20.4. The SMILES string of the molecule is CCCCCc1ccc(-c2ccc(OOC[C@@](C)(c3ccccc3)C3Oc4ccc5c(c4[C@H]4c6ccccc6CC[C@H]4O3)CCCC5)cc2)cc1. The number of hydrogen-bond donors (Lipinski definition) is 0. The molecule has 1 aliphatic heterocycles. The molecular weight excluding hydrogens is 629 g/mol. The van der Waals surface area contributed by atoms with E-state index in [1.54, 1.807) is 0 Å². The molecule has 0 saturated heterocycles. The van der Waals surface area contributed by atoms with E-state index in [1.165, 1.54) is 71.0 Å². The van der Waals surface area contributed by atoms with Gasteiger partial charge >= 0.3 is 0 Å². The van der Waals surface area contributed by atoms with Gasteiger partial charge in [-0.2, -0.15) is 4.89 Å². The quantitative estimate of drug-likeness (QED) is 0.0791. The second-order valence-corrected chi connectivity index (χ2v) is 15.0. The topological polar surface area (TPSA) is 36.9 Å². The first kappa shape index (κ1) is 33.7. The van der Waals surface area contributed by atoms with Crippen LogP contribution in [-0.2, 0) is 40.7 Å². The van der Waals surface area contributed by atoms with Crippen molar-refractivity contribution in [3.8, 4) is 22.6 Å². The monoisotopic (exact) mass is 678 g/mol. The van der Waals surface area contributed by atoms with Gasteiger partial charge in [-0.15, -0.1) is 0 Å². The molecule has 4 heteroatoms. The van der Waals surface area contributed by atoms with Gasteiger partial charge in [-0.05, 0) is 121 Å². The average molecular weight is 679 g/mol. The zero-order valence-corrected chi connectivity index (χ0v) is 30.1. The van der Waals surface area contributed by atoms with E-state index in [0.717, 1.165) is 49.0 Å². The summed E-state index contributed by atoms with van der Waals surface area (Å²) >= 11 is 0. The smallest absolute Gasteiger partial charge is 0.212 e. The Hall–Kier alpha value is -4.38. The van der Waals surface area contributed by atoms with Crippen LogP contribution >= 0.6 is 0 Å². The summed E-state index contributed by atoms with van der Waals surface area (Å²) in [6.45, 7) is 4.68. The summed E-state index contributed by atoms with van der Waals surface area (Å²) in [6.07, 6.45) is 10.9. The van der Waals surface area contributed by atoms with Crippen LogP contribution < -0.4 is 9.62 Å². The number of ether oxygens (including phenoxy) is 2. The maximum atomic E-state index is 7.21. The third kappa shape index (κ3) is 6.97. The van der Waals surface area contributed by atoms with E-state index in [-0.39, 0.29) is 18.6 Å². The number of unbranched alkanes of at least 4 members (excludes halogenated alkanes) is 2. The summed E-state index contributed by atoms with van der Waals surface area (Å²) in [5.74, 6) is 1.74. The third-order valence-electron chi connectivity index (χ3n) is 11.5. The number of rotatable bonds is 11. The van der Waals surface area contributed by atoms with Crippen LogP contribution in [0.15, 0.2) is 115 Å². The molecule has 0 spiro atoms. The summed E-state index contributed by atoms with van der Waals surface area (Å²) in [5, 5.41) is 0. The molecule has 0 N–H and O–H groups in total. The minimum Gasteiger partial charge on any atom is -0.464 e. The lowest BCUT2D eigenvalue weighted by Crippen LogP contribution is -2.48. The Labute approximate surface area is 303 Å². The predicted octanol–water partition coefficient (Wildman–Crippen LogP) is 11.1. The first-order valence-corrected chi connectivity index (χ1v) is 19.2. The molecule has 8 rings (SSSR count). The van der Waals surface area contributed by atoms with Crippen molar-refractivity contribution in [1.29, 1.82) is 0 Å². The lowest BCUT2D eigenvalue weighted by Gasteiger charge is -2.39. The van der Waals surface area contributed by atoms with Gasteiger partial charge in [0.2, 0.25) is 6.29 Å². The lowest BCUT2D eigenvalue weighted by atomic mass is 9.73. The Kier molecular flexibility index (Phi) is 9.98. The van der Waals surface area contributed by atoms with Crippen molar-refractivity contribution in [2.75, 3.05) is 6.61 Å². The summed E-state index contributed by atoms with van der Waals surface area (Å²) in [4.78, 5) is 12.1. The molecule has 0 aromatic heterocycles. The second kappa shape index (κ2) is 15.1. The molecule has 0 saturated carbocycles. The zero-order chi connectivity index (χ0) is 34.6. The standard InChI is InChI=1S/C47H50O4/c1-3-4-6-13-33-20-22-34(23-21-33)35-24-28-39(29-25-35)51-48-32-47(2,38-16-7-5-8-17-38)46-49-42-30-26-36-14-9-11-18-40(36)44(42)45-41-19-12-10-15-37(41)27-31-43(45)50-46/h5,7-9,11,14,16-18,20-25,27-29,31,42,44,46H,3-4,6,10,12-13,15,19,26,30,32H2,1-2H3/t42-,44+,46?,47+/m1/s1. The number of benzene rings is 5. The molecule has 4 atom stereocenters. The molecule has 262 valence electrons. The van der Waals surface area contributed by atoms with E-state index in [1.807, 2.05) is 18.2 Å². The van der Waals surface area contributed by atoms with Crippen molar-refractivity contribution in [3.63, 3.8) is 0 Å². The molecule has 0 amide bonds. The van der Waals surface area contributed by atoms with Crippen molar-refractivity contribution in [2.45, 2.75) is 102 Å². The van der Waals surface area contributed by atoms with Gasteiger partial charge in [0.25, 0.3) is 0 Å². The van der Waals surface area contributed by atoms with E-state index in [0.29, 0.717) is 5.75 Å². The Balaban J connectivity index is 1.05. The highest BCUT2D eigenvalue weighted by Gasteiger charge is 2.47. The molecule has 2 aliphatic carbocycles. The fourth-order valence-electron chi connectivity index (χ4n) is 8.55. The number of aryl methyl sites for hydroxylation is 3. The van der Waals surface area contributed by atoms with Crippen LogP contribution in [0.2, 0.25) is 0 Å². The fourth-order valence-corrected chi connectivity index (χ4v) is 8.55. The second-order valence-electron chi connectivity index (χ2n) is 15.0. The first-order chi connectivity index (χ1) is 25.1. The largest absolute Gasteiger partial charge is 0.464 e. The predicted molar refractivity (Wildman–Crippen MR) is 204 cm³/mol. The van der Waals surface area contributed by atoms with Crippen molar-refractivity contribution < 1.29 is 19.2 Å². The molecular formula is C47H50O4. The maximum absolute atomic E-state index is 7.21. The van der Waals surface area contributed by atoms with Crippen LogP contribution in [0.1, 0.15) is 97.2 Å². The van der Waals surface area contributed by atoms with Crippen molar-refractivity contribution in [3.05, 3.63) is 154 Å². The lowest BCUT2D eigenvalue weighted by molar-refractivity contribution is -0.247. The highest BCUT2D eigenvalue weighted by molar-refractivity contribution is 5.64. The van der Waals surface area contributed by atoms with E-state index in [4.69, 9.17) is 19.2 Å². The average Bonchev–Trinajstić information content (AvgIpc) is 3.37. The zero-order valence-electron chi connectivity index (χ0n) is 30.1. The molecule has 1 heterocycles. The highest BCUT2D eigenvalue weighted by atomic mass is 17.2. The Bertz CT molecular complexity index is 1920. The summed E-state index contributed by atoms with van der Waals surface area (Å²) in [5.41, 5.74) is 11.3. The molecule has 5 aromatic carbocycles. The van der Waals surface area contributed by atoms with Gasteiger partial charge in [-0.1, -0.05) is 117 Å². The Morgan fingerprint density at radius 1 is 0.725 bits per heavy atom. The highest BCUT2D eigenvalue weighted by Crippen LogP contribution is 2.50. The van der Waals surface area contributed by atoms with Crippen LogP contribution in [0.3, 0.4) is 0 Å². The van der Waals surface area contributed by atoms with E-state index in [2.05, 4.69) is 111 Å². The van der Waals surface area contributed by atoms with E-state index >= 15 is 0 Å².